The van der Waals surface area contributed by atoms with E-state index >= 15 is 0 Å². The second kappa shape index (κ2) is 8.27. The number of hydrogen-bond donors (Lipinski definition) is 4. The molecule has 0 aliphatic rings. The van der Waals surface area contributed by atoms with Crippen molar-refractivity contribution in [1.82, 2.24) is 10.1 Å². The average molecular weight is 379 g/mol. The van der Waals surface area contributed by atoms with E-state index in [1.54, 1.807) is 36.5 Å². The molecule has 6 N–H and O–H groups in total. The maximum atomic E-state index is 7.39. The van der Waals surface area contributed by atoms with Crippen molar-refractivity contribution in [2.45, 2.75) is 0 Å². The van der Waals surface area contributed by atoms with Gasteiger partial charge in [0, 0.05) is 29.0 Å². The lowest BCUT2D eigenvalue weighted by molar-refractivity contribution is 0.435. The molecule has 130 valence electrons. The number of aromatic nitrogens is 2. The van der Waals surface area contributed by atoms with Crippen LogP contribution in [0.25, 0.3) is 22.6 Å². The van der Waals surface area contributed by atoms with E-state index in [0.29, 0.717) is 22.7 Å². The maximum absolute atomic E-state index is 7.39. The first-order chi connectivity index (χ1) is 11.0. The van der Waals surface area contributed by atoms with Crippen LogP contribution in [0.2, 0.25) is 0 Å². The minimum absolute atomic E-state index is 0. The van der Waals surface area contributed by atoms with Crippen LogP contribution in [-0.2, 0) is 0 Å². The molecule has 3 rings (SSSR count). The zero-order valence-corrected chi connectivity index (χ0v) is 14.5. The number of pyridine rings is 1. The van der Waals surface area contributed by atoms with E-state index in [0.717, 1.165) is 11.1 Å². The van der Waals surface area contributed by atoms with Gasteiger partial charge in [0.15, 0.2) is 5.76 Å². The molecule has 0 atom stereocenters. The predicted octanol–water partition coefficient (Wildman–Crippen LogP) is 2.82. The van der Waals surface area contributed by atoms with Gasteiger partial charge in [0.1, 0.15) is 23.1 Å². The zero-order valence-electron chi connectivity index (χ0n) is 12.9. The van der Waals surface area contributed by atoms with Gasteiger partial charge in [-0.15, -0.1) is 24.8 Å². The maximum Gasteiger partial charge on any atom is 0.169 e. The fourth-order valence-electron chi connectivity index (χ4n) is 2.07. The molecule has 25 heavy (non-hydrogen) atoms. The molecule has 7 nitrogen and oxygen atoms in total. The summed E-state index contributed by atoms with van der Waals surface area (Å²) in [6.45, 7) is 0. The molecular formula is C16H16Cl2N6O. The Labute approximate surface area is 156 Å². The molecule has 0 unspecified atom stereocenters. The summed E-state index contributed by atoms with van der Waals surface area (Å²) in [4.78, 5) is 4.09. The van der Waals surface area contributed by atoms with Gasteiger partial charge in [0.05, 0.1) is 0 Å². The van der Waals surface area contributed by atoms with E-state index in [9.17, 15) is 0 Å². The first-order valence-corrected chi connectivity index (χ1v) is 6.77. The van der Waals surface area contributed by atoms with E-state index in [1.165, 1.54) is 0 Å². The van der Waals surface area contributed by atoms with Gasteiger partial charge in [-0.3, -0.25) is 15.8 Å². The third-order valence-corrected chi connectivity index (χ3v) is 3.33. The fourth-order valence-corrected chi connectivity index (χ4v) is 2.07. The second-order valence-corrected chi connectivity index (χ2v) is 4.91. The summed E-state index contributed by atoms with van der Waals surface area (Å²) < 4.78 is 5.34. The Morgan fingerprint density at radius 3 is 2.04 bits per heavy atom. The highest BCUT2D eigenvalue weighted by Crippen LogP contribution is 2.25. The van der Waals surface area contributed by atoms with E-state index < -0.39 is 0 Å². The van der Waals surface area contributed by atoms with Crippen molar-refractivity contribution in [1.29, 1.82) is 10.8 Å². The minimum Gasteiger partial charge on any atom is -0.384 e. The molecule has 0 fully saturated rings. The Hall–Kier alpha value is -2.90. The first kappa shape index (κ1) is 20.1. The largest absolute Gasteiger partial charge is 0.384 e. The number of rotatable bonds is 4. The summed E-state index contributed by atoms with van der Waals surface area (Å²) in [5.74, 6) is 0.507. The van der Waals surface area contributed by atoms with Crippen LogP contribution in [0.15, 0.2) is 53.2 Å². The van der Waals surface area contributed by atoms with Gasteiger partial charge in [0.2, 0.25) is 0 Å². The van der Waals surface area contributed by atoms with E-state index in [1.807, 2.05) is 12.1 Å². The summed E-state index contributed by atoms with van der Waals surface area (Å²) in [6.07, 6.45) is 1.58. The Morgan fingerprint density at radius 2 is 1.52 bits per heavy atom. The molecule has 0 aliphatic heterocycles. The Bertz CT molecular complexity index is 802. The number of nitrogens with zero attached hydrogens (tertiary/aromatic N) is 2. The van der Waals surface area contributed by atoms with Crippen molar-refractivity contribution in [3.8, 4) is 22.6 Å². The minimum atomic E-state index is -0.0830. The number of hydrogen-bond acceptors (Lipinski definition) is 5. The summed E-state index contributed by atoms with van der Waals surface area (Å²) in [6, 6.07) is 12.4. The van der Waals surface area contributed by atoms with Crippen molar-refractivity contribution < 1.29 is 4.52 Å². The lowest BCUT2D eigenvalue weighted by Gasteiger charge is -1.99. The standard InChI is InChI=1S/C16H14N6O.2ClH/c17-15(18)10-3-1-9(2-4-10)13-7-14(23-22-13)11-5-6-12(16(19)20)21-8-11;;/h1-8H,(H3,17,18)(H3,19,20);2*1H. The Balaban J connectivity index is 0.00000156. The van der Waals surface area contributed by atoms with Crippen LogP contribution < -0.4 is 11.5 Å². The van der Waals surface area contributed by atoms with Gasteiger partial charge in [-0.25, -0.2) is 0 Å². The van der Waals surface area contributed by atoms with Crippen molar-refractivity contribution in [3.63, 3.8) is 0 Å². The molecule has 3 aromatic rings. The molecule has 0 saturated heterocycles. The molecule has 9 heteroatoms. The fraction of sp³-hybridized carbons (Fsp3) is 0. The monoisotopic (exact) mass is 378 g/mol. The lowest BCUT2D eigenvalue weighted by Crippen LogP contribution is -2.12. The van der Waals surface area contributed by atoms with Crippen molar-refractivity contribution in [3.05, 3.63) is 59.9 Å². The van der Waals surface area contributed by atoms with Crippen LogP contribution >= 0.6 is 24.8 Å². The van der Waals surface area contributed by atoms with E-state index in [-0.39, 0.29) is 36.5 Å². The molecule has 0 amide bonds. The number of nitrogen functional groups attached to an aromatic ring is 2. The molecular weight excluding hydrogens is 363 g/mol. The van der Waals surface area contributed by atoms with Crippen LogP contribution in [0, 0.1) is 10.8 Å². The van der Waals surface area contributed by atoms with Crippen LogP contribution in [-0.4, -0.2) is 21.8 Å². The molecule has 0 radical (unpaired) electrons. The van der Waals surface area contributed by atoms with Gasteiger partial charge in [-0.1, -0.05) is 29.4 Å². The first-order valence-electron chi connectivity index (χ1n) is 6.77. The van der Waals surface area contributed by atoms with Crippen molar-refractivity contribution >= 4 is 36.5 Å². The average Bonchev–Trinajstić information content (AvgIpc) is 3.05. The van der Waals surface area contributed by atoms with Gasteiger partial charge >= 0.3 is 0 Å². The number of benzene rings is 1. The molecule has 2 aromatic heterocycles. The van der Waals surface area contributed by atoms with E-state index in [2.05, 4.69) is 10.1 Å². The molecule has 0 bridgehead atoms. The van der Waals surface area contributed by atoms with Gasteiger partial charge in [-0.2, -0.15) is 0 Å². The number of halogens is 2. The topological polar surface area (TPSA) is 139 Å². The number of amidine groups is 2. The highest BCUT2D eigenvalue weighted by atomic mass is 35.5. The van der Waals surface area contributed by atoms with Gasteiger partial charge < -0.3 is 16.0 Å². The summed E-state index contributed by atoms with van der Waals surface area (Å²) in [7, 11) is 0. The normalized spacial score (nSPS) is 9.60. The SMILES string of the molecule is Cl.Cl.N=C(N)c1ccc(-c2cc(-c3ccc(C(=N)N)nc3)on2)cc1. The number of nitrogens with two attached hydrogens (primary N) is 2. The van der Waals surface area contributed by atoms with Crippen molar-refractivity contribution in [2.75, 3.05) is 0 Å². The summed E-state index contributed by atoms with van der Waals surface area (Å²) in [5, 5.41) is 18.8. The second-order valence-electron chi connectivity index (χ2n) is 4.91. The smallest absolute Gasteiger partial charge is 0.169 e. The van der Waals surface area contributed by atoms with Crippen LogP contribution in [0.4, 0.5) is 0 Å². The Morgan fingerprint density at radius 1 is 0.880 bits per heavy atom. The highest BCUT2D eigenvalue weighted by molar-refractivity contribution is 5.95. The van der Waals surface area contributed by atoms with Gasteiger partial charge in [-0.05, 0) is 12.1 Å². The van der Waals surface area contributed by atoms with Crippen LogP contribution in [0.5, 0.6) is 0 Å². The quantitative estimate of drug-likeness (QED) is 0.408. The summed E-state index contributed by atoms with van der Waals surface area (Å²) in [5.41, 5.74) is 14.2. The third-order valence-electron chi connectivity index (χ3n) is 3.33. The third kappa shape index (κ3) is 4.34. The lowest BCUT2D eigenvalue weighted by atomic mass is 10.1. The predicted molar refractivity (Wildman–Crippen MR) is 102 cm³/mol. The summed E-state index contributed by atoms with van der Waals surface area (Å²) >= 11 is 0. The Kier molecular flexibility index (Phi) is 6.67. The molecule has 0 saturated carbocycles. The molecule has 2 heterocycles. The highest BCUT2D eigenvalue weighted by Gasteiger charge is 2.10. The van der Waals surface area contributed by atoms with Crippen LogP contribution in [0.1, 0.15) is 11.3 Å². The van der Waals surface area contributed by atoms with Crippen molar-refractivity contribution in [2.24, 2.45) is 11.5 Å². The van der Waals surface area contributed by atoms with E-state index in [4.69, 9.17) is 26.8 Å². The number of nitrogens with one attached hydrogen (secondary N) is 2. The van der Waals surface area contributed by atoms with Gasteiger partial charge in [0.25, 0.3) is 0 Å². The van der Waals surface area contributed by atoms with Crippen LogP contribution in [0.3, 0.4) is 0 Å². The molecule has 0 spiro atoms. The molecule has 0 aliphatic carbocycles. The zero-order chi connectivity index (χ0) is 16.4. The molecule has 1 aromatic carbocycles.